The van der Waals surface area contributed by atoms with Gasteiger partial charge in [0.15, 0.2) is 6.10 Å². The first-order valence-corrected chi connectivity index (χ1v) is 6.41. The molecule has 1 amide bonds. The Morgan fingerprint density at radius 3 is 2.70 bits per heavy atom. The maximum atomic E-state index is 12.8. The van der Waals surface area contributed by atoms with Crippen LogP contribution in [-0.2, 0) is 11.3 Å². The molecule has 0 bridgehead atoms. The van der Waals surface area contributed by atoms with Crippen LogP contribution in [0.15, 0.2) is 47.1 Å². The molecule has 0 aliphatic rings. The van der Waals surface area contributed by atoms with Crippen LogP contribution in [0.1, 0.15) is 19.1 Å². The molecule has 1 aromatic heterocycles. The van der Waals surface area contributed by atoms with Gasteiger partial charge in [-0.1, -0.05) is 6.92 Å². The summed E-state index contributed by atoms with van der Waals surface area (Å²) in [4.78, 5) is 12.0. The minimum Gasteiger partial charge on any atom is -0.481 e. The monoisotopic (exact) mass is 277 g/mol. The molecule has 1 atom stereocenters. The number of amides is 1. The molecule has 1 heterocycles. The van der Waals surface area contributed by atoms with Crippen LogP contribution in [0.4, 0.5) is 4.39 Å². The summed E-state index contributed by atoms with van der Waals surface area (Å²) in [6.45, 7) is 2.16. The Morgan fingerprint density at radius 1 is 1.35 bits per heavy atom. The maximum absolute atomic E-state index is 12.8. The number of carbonyl (C=O) groups is 1. The number of benzene rings is 1. The summed E-state index contributed by atoms with van der Waals surface area (Å²) in [5.41, 5.74) is 0. The molecular weight excluding hydrogens is 261 g/mol. The minimum absolute atomic E-state index is 0.228. The lowest BCUT2D eigenvalue weighted by atomic mass is 10.2. The van der Waals surface area contributed by atoms with Gasteiger partial charge in [-0.2, -0.15) is 0 Å². The fourth-order valence-electron chi connectivity index (χ4n) is 1.70. The molecule has 0 saturated carbocycles. The normalized spacial score (nSPS) is 11.9. The first-order chi connectivity index (χ1) is 9.69. The Morgan fingerprint density at radius 2 is 2.10 bits per heavy atom. The number of halogens is 1. The van der Waals surface area contributed by atoms with Crippen LogP contribution >= 0.6 is 0 Å². The van der Waals surface area contributed by atoms with Crippen molar-refractivity contribution in [2.75, 3.05) is 0 Å². The standard InChI is InChI=1S/C15H16FNO3/c1-2-14(20-12-7-5-11(16)6-8-12)15(18)17-10-13-4-3-9-19-13/h3-9,14H,2,10H2,1H3,(H,17,18)/t14-/m1/s1. The molecule has 0 spiro atoms. The largest absolute Gasteiger partial charge is 0.481 e. The molecule has 2 rings (SSSR count). The molecule has 0 aliphatic carbocycles. The third-order valence-electron chi connectivity index (χ3n) is 2.77. The Labute approximate surface area is 116 Å². The molecule has 2 aromatic rings. The van der Waals surface area contributed by atoms with E-state index in [9.17, 15) is 9.18 Å². The molecule has 0 aliphatic heterocycles. The van der Waals surface area contributed by atoms with E-state index in [-0.39, 0.29) is 11.7 Å². The summed E-state index contributed by atoms with van der Waals surface area (Å²) in [6, 6.07) is 9.12. The zero-order valence-electron chi connectivity index (χ0n) is 11.1. The summed E-state index contributed by atoms with van der Waals surface area (Å²) in [7, 11) is 0. The fraction of sp³-hybridized carbons (Fsp3) is 0.267. The van der Waals surface area contributed by atoms with E-state index >= 15 is 0 Å². The summed E-state index contributed by atoms with van der Waals surface area (Å²) in [5, 5.41) is 2.74. The highest BCUT2D eigenvalue weighted by Crippen LogP contribution is 2.14. The van der Waals surface area contributed by atoms with Crippen molar-refractivity contribution in [3.63, 3.8) is 0 Å². The number of ether oxygens (including phenoxy) is 1. The van der Waals surface area contributed by atoms with E-state index in [1.165, 1.54) is 24.3 Å². The van der Waals surface area contributed by atoms with Crippen molar-refractivity contribution < 1.29 is 18.3 Å². The highest BCUT2D eigenvalue weighted by molar-refractivity contribution is 5.80. The maximum Gasteiger partial charge on any atom is 0.261 e. The smallest absolute Gasteiger partial charge is 0.261 e. The van der Waals surface area contributed by atoms with Crippen LogP contribution in [0, 0.1) is 5.82 Å². The van der Waals surface area contributed by atoms with Gasteiger partial charge < -0.3 is 14.5 Å². The van der Waals surface area contributed by atoms with Crippen molar-refractivity contribution >= 4 is 5.91 Å². The van der Waals surface area contributed by atoms with Gasteiger partial charge in [0.1, 0.15) is 17.3 Å². The Hall–Kier alpha value is -2.30. The molecule has 20 heavy (non-hydrogen) atoms. The molecular formula is C15H16FNO3. The zero-order valence-corrected chi connectivity index (χ0v) is 11.1. The number of furan rings is 1. The number of carbonyl (C=O) groups excluding carboxylic acids is 1. The second-order valence-electron chi connectivity index (χ2n) is 4.27. The van der Waals surface area contributed by atoms with Crippen molar-refractivity contribution in [3.05, 3.63) is 54.2 Å². The molecule has 0 fully saturated rings. The third kappa shape index (κ3) is 3.85. The summed E-state index contributed by atoms with van der Waals surface area (Å²) in [5.74, 6) is 0.572. The average Bonchev–Trinajstić information content (AvgIpc) is 2.97. The van der Waals surface area contributed by atoms with E-state index in [1.54, 1.807) is 18.4 Å². The predicted octanol–water partition coefficient (Wildman–Crippen LogP) is 2.89. The quantitative estimate of drug-likeness (QED) is 0.883. The first-order valence-electron chi connectivity index (χ1n) is 6.41. The van der Waals surface area contributed by atoms with Gasteiger partial charge in [0.05, 0.1) is 12.8 Å². The lowest BCUT2D eigenvalue weighted by Gasteiger charge is -2.16. The van der Waals surface area contributed by atoms with E-state index < -0.39 is 6.10 Å². The Bertz CT molecular complexity index is 537. The predicted molar refractivity (Wildman–Crippen MR) is 71.7 cm³/mol. The number of hydrogen-bond acceptors (Lipinski definition) is 3. The average molecular weight is 277 g/mol. The number of hydrogen-bond donors (Lipinski definition) is 1. The molecule has 0 radical (unpaired) electrons. The van der Waals surface area contributed by atoms with Crippen molar-refractivity contribution in [1.82, 2.24) is 5.32 Å². The van der Waals surface area contributed by atoms with Gasteiger partial charge in [0.25, 0.3) is 5.91 Å². The van der Waals surface area contributed by atoms with Gasteiger partial charge in [0.2, 0.25) is 0 Å². The van der Waals surface area contributed by atoms with E-state index in [2.05, 4.69) is 5.32 Å². The SMILES string of the molecule is CC[C@@H](Oc1ccc(F)cc1)C(=O)NCc1ccco1. The van der Waals surface area contributed by atoms with Gasteiger partial charge in [-0.3, -0.25) is 4.79 Å². The van der Waals surface area contributed by atoms with E-state index in [1.807, 2.05) is 6.92 Å². The molecule has 4 nitrogen and oxygen atoms in total. The van der Waals surface area contributed by atoms with Crippen LogP contribution in [0.5, 0.6) is 5.75 Å². The second kappa shape index (κ2) is 6.75. The van der Waals surface area contributed by atoms with Crippen LogP contribution in [0.3, 0.4) is 0 Å². The topological polar surface area (TPSA) is 51.5 Å². The number of nitrogens with one attached hydrogen (secondary N) is 1. The molecule has 1 aromatic carbocycles. The molecule has 0 unspecified atom stereocenters. The third-order valence-corrected chi connectivity index (χ3v) is 2.77. The Balaban J connectivity index is 1.90. The Kier molecular flexibility index (Phi) is 4.76. The number of rotatable bonds is 6. The van der Waals surface area contributed by atoms with Gasteiger partial charge in [-0.05, 0) is 42.8 Å². The van der Waals surface area contributed by atoms with Crippen molar-refractivity contribution in [2.24, 2.45) is 0 Å². The van der Waals surface area contributed by atoms with E-state index in [4.69, 9.17) is 9.15 Å². The fourth-order valence-corrected chi connectivity index (χ4v) is 1.70. The van der Waals surface area contributed by atoms with Gasteiger partial charge in [-0.15, -0.1) is 0 Å². The summed E-state index contributed by atoms with van der Waals surface area (Å²) in [6.07, 6.45) is 1.45. The second-order valence-corrected chi connectivity index (χ2v) is 4.27. The van der Waals surface area contributed by atoms with Crippen LogP contribution in [0.2, 0.25) is 0 Å². The molecule has 1 N–H and O–H groups in total. The van der Waals surface area contributed by atoms with Crippen molar-refractivity contribution in [1.29, 1.82) is 0 Å². The molecule has 5 heteroatoms. The minimum atomic E-state index is -0.615. The lowest BCUT2D eigenvalue weighted by molar-refractivity contribution is -0.128. The van der Waals surface area contributed by atoms with Crippen LogP contribution in [0.25, 0.3) is 0 Å². The van der Waals surface area contributed by atoms with E-state index in [0.29, 0.717) is 24.5 Å². The highest BCUT2D eigenvalue weighted by Gasteiger charge is 2.18. The lowest BCUT2D eigenvalue weighted by Crippen LogP contribution is -2.37. The highest BCUT2D eigenvalue weighted by atomic mass is 19.1. The van der Waals surface area contributed by atoms with Gasteiger partial charge in [0, 0.05) is 0 Å². The molecule has 0 saturated heterocycles. The summed E-state index contributed by atoms with van der Waals surface area (Å²) < 4.78 is 23.5. The summed E-state index contributed by atoms with van der Waals surface area (Å²) >= 11 is 0. The first kappa shape index (κ1) is 14.1. The zero-order chi connectivity index (χ0) is 14.4. The van der Waals surface area contributed by atoms with Gasteiger partial charge >= 0.3 is 0 Å². The van der Waals surface area contributed by atoms with E-state index in [0.717, 1.165) is 0 Å². The van der Waals surface area contributed by atoms with Crippen LogP contribution in [-0.4, -0.2) is 12.0 Å². The van der Waals surface area contributed by atoms with Crippen LogP contribution < -0.4 is 10.1 Å². The molecule has 106 valence electrons. The van der Waals surface area contributed by atoms with Crippen molar-refractivity contribution in [2.45, 2.75) is 26.0 Å². The van der Waals surface area contributed by atoms with Crippen molar-refractivity contribution in [3.8, 4) is 5.75 Å². The van der Waals surface area contributed by atoms with Gasteiger partial charge in [-0.25, -0.2) is 4.39 Å².